The lowest BCUT2D eigenvalue weighted by atomic mass is 10.1. The van der Waals surface area contributed by atoms with Crippen LogP contribution in [0.1, 0.15) is 12.5 Å². The number of quaternary nitrogens is 1. The Kier molecular flexibility index (Phi) is 7.76. The number of hydrogen-bond acceptors (Lipinski definition) is 3. The van der Waals surface area contributed by atoms with Crippen molar-refractivity contribution in [1.82, 2.24) is 10.6 Å². The van der Waals surface area contributed by atoms with E-state index in [1.54, 1.807) is 7.05 Å². The molecule has 0 aliphatic heterocycles. The maximum atomic E-state index is 12.1. The quantitative estimate of drug-likeness (QED) is 0.473. The van der Waals surface area contributed by atoms with Gasteiger partial charge in [0.05, 0.1) is 13.6 Å². The van der Waals surface area contributed by atoms with Crippen molar-refractivity contribution in [3.8, 4) is 0 Å². The fourth-order valence-corrected chi connectivity index (χ4v) is 2.09. The van der Waals surface area contributed by atoms with Crippen LogP contribution < -0.4 is 20.9 Å². The molecule has 23 heavy (non-hydrogen) atoms. The second kappa shape index (κ2) is 9.58. The van der Waals surface area contributed by atoms with Crippen LogP contribution in [0.25, 0.3) is 0 Å². The van der Waals surface area contributed by atoms with E-state index in [1.807, 2.05) is 31.2 Å². The van der Waals surface area contributed by atoms with E-state index in [2.05, 4.69) is 16.0 Å². The lowest BCUT2D eigenvalue weighted by molar-refractivity contribution is -0.862. The highest BCUT2D eigenvalue weighted by Gasteiger charge is 2.15. The average Bonchev–Trinajstić information content (AvgIpc) is 2.52. The number of hydrogen-bond donors (Lipinski definition) is 4. The standard InChI is InChI=1S/C16H24N4O3/c1-4-12-7-5-6-8-13(12)19-16(23)11-20(3)10-15(22)18-9-14(21)17-2/h5-8H,4,9-11H2,1-3H3,(H,17,21)(H,18,22)(H,19,23)/p+1. The molecular weight excluding hydrogens is 296 g/mol. The number of anilines is 1. The van der Waals surface area contributed by atoms with Crippen LogP contribution in [0.2, 0.25) is 0 Å². The highest BCUT2D eigenvalue weighted by molar-refractivity contribution is 5.92. The molecule has 1 aromatic carbocycles. The predicted molar refractivity (Wildman–Crippen MR) is 88.1 cm³/mol. The zero-order valence-corrected chi connectivity index (χ0v) is 13.9. The van der Waals surface area contributed by atoms with Gasteiger partial charge in [0.25, 0.3) is 11.8 Å². The van der Waals surface area contributed by atoms with Crippen LogP contribution >= 0.6 is 0 Å². The van der Waals surface area contributed by atoms with E-state index in [0.29, 0.717) is 0 Å². The summed E-state index contributed by atoms with van der Waals surface area (Å²) in [5.74, 6) is -0.680. The van der Waals surface area contributed by atoms with Crippen LogP contribution in [0.15, 0.2) is 24.3 Å². The first-order valence-corrected chi connectivity index (χ1v) is 7.62. The summed E-state index contributed by atoms with van der Waals surface area (Å²) in [7, 11) is 3.26. The number of carbonyl (C=O) groups is 3. The molecule has 1 rings (SSSR count). The minimum absolute atomic E-state index is 0.0569. The minimum Gasteiger partial charge on any atom is -0.358 e. The number of rotatable bonds is 8. The molecule has 0 aliphatic carbocycles. The monoisotopic (exact) mass is 321 g/mol. The minimum atomic E-state index is -0.271. The number of nitrogens with one attached hydrogen (secondary N) is 4. The molecule has 0 bridgehead atoms. The van der Waals surface area contributed by atoms with Gasteiger partial charge in [0, 0.05) is 12.7 Å². The number of carbonyl (C=O) groups excluding carboxylic acids is 3. The van der Waals surface area contributed by atoms with Gasteiger partial charge in [-0.15, -0.1) is 0 Å². The number of para-hydroxylation sites is 1. The number of amides is 3. The first-order chi connectivity index (χ1) is 11.0. The third-order valence-corrected chi connectivity index (χ3v) is 3.32. The SMILES string of the molecule is CCc1ccccc1NC(=O)C[NH+](C)CC(=O)NCC(=O)NC. The fourth-order valence-electron chi connectivity index (χ4n) is 2.09. The van der Waals surface area contributed by atoms with Gasteiger partial charge in [0.2, 0.25) is 5.91 Å². The van der Waals surface area contributed by atoms with Gasteiger partial charge in [-0.2, -0.15) is 0 Å². The molecular formula is C16H25N4O3+. The summed E-state index contributed by atoms with van der Waals surface area (Å²) in [4.78, 5) is 35.5. The molecule has 0 aliphatic rings. The Morgan fingerprint density at radius 2 is 1.70 bits per heavy atom. The van der Waals surface area contributed by atoms with Gasteiger partial charge in [-0.3, -0.25) is 14.4 Å². The van der Waals surface area contributed by atoms with Crippen molar-refractivity contribution in [1.29, 1.82) is 0 Å². The Hall–Kier alpha value is -2.41. The summed E-state index contributed by atoms with van der Waals surface area (Å²) in [6.07, 6.45) is 0.834. The third kappa shape index (κ3) is 6.92. The zero-order valence-electron chi connectivity index (χ0n) is 13.9. The molecule has 126 valence electrons. The topological polar surface area (TPSA) is 91.7 Å². The van der Waals surface area contributed by atoms with E-state index >= 15 is 0 Å². The van der Waals surface area contributed by atoms with Crippen molar-refractivity contribution in [3.05, 3.63) is 29.8 Å². The zero-order chi connectivity index (χ0) is 17.2. The van der Waals surface area contributed by atoms with Crippen molar-refractivity contribution in [2.75, 3.05) is 39.0 Å². The number of aryl methyl sites for hydroxylation is 1. The van der Waals surface area contributed by atoms with Gasteiger partial charge in [-0.25, -0.2) is 0 Å². The van der Waals surface area contributed by atoms with E-state index in [4.69, 9.17) is 0 Å². The molecule has 0 saturated carbocycles. The largest absolute Gasteiger partial charge is 0.358 e. The molecule has 0 fully saturated rings. The van der Waals surface area contributed by atoms with Gasteiger partial charge >= 0.3 is 0 Å². The second-order valence-electron chi connectivity index (χ2n) is 5.32. The Morgan fingerprint density at radius 3 is 2.35 bits per heavy atom. The van der Waals surface area contributed by atoms with Crippen LogP contribution in [-0.4, -0.2) is 51.5 Å². The Bertz CT molecular complexity index is 560. The predicted octanol–water partition coefficient (Wildman–Crippen LogP) is -1.44. The van der Waals surface area contributed by atoms with Gasteiger partial charge in [0.1, 0.15) is 0 Å². The average molecular weight is 321 g/mol. The summed E-state index contributed by atoms with van der Waals surface area (Å²) in [6.45, 7) is 2.27. The normalized spacial score (nSPS) is 11.4. The van der Waals surface area contributed by atoms with Gasteiger partial charge in [-0.1, -0.05) is 25.1 Å². The Balaban J connectivity index is 2.41. The van der Waals surface area contributed by atoms with Crippen LogP contribution in [0.3, 0.4) is 0 Å². The fraction of sp³-hybridized carbons (Fsp3) is 0.438. The van der Waals surface area contributed by atoms with Crippen molar-refractivity contribution in [2.45, 2.75) is 13.3 Å². The Morgan fingerprint density at radius 1 is 1.04 bits per heavy atom. The summed E-state index contributed by atoms with van der Waals surface area (Å²) in [6, 6.07) is 7.64. The molecule has 1 atom stereocenters. The van der Waals surface area contributed by atoms with Crippen LogP contribution in [0.4, 0.5) is 5.69 Å². The molecule has 0 aromatic heterocycles. The molecule has 0 heterocycles. The van der Waals surface area contributed by atoms with Crippen LogP contribution in [0, 0.1) is 0 Å². The van der Waals surface area contributed by atoms with Crippen molar-refractivity contribution < 1.29 is 19.3 Å². The first-order valence-electron chi connectivity index (χ1n) is 7.62. The molecule has 3 amide bonds. The summed E-state index contributed by atoms with van der Waals surface area (Å²) < 4.78 is 0. The molecule has 1 unspecified atom stereocenters. The van der Waals surface area contributed by atoms with Crippen LogP contribution in [-0.2, 0) is 20.8 Å². The van der Waals surface area contributed by atoms with Crippen molar-refractivity contribution in [2.24, 2.45) is 0 Å². The molecule has 7 heteroatoms. The van der Waals surface area contributed by atoms with Gasteiger partial charge < -0.3 is 20.9 Å². The maximum absolute atomic E-state index is 12.1. The molecule has 1 aromatic rings. The molecule has 0 spiro atoms. The third-order valence-electron chi connectivity index (χ3n) is 3.32. The van der Waals surface area contributed by atoms with E-state index in [0.717, 1.165) is 22.6 Å². The summed E-state index contributed by atoms with van der Waals surface area (Å²) >= 11 is 0. The smallest absolute Gasteiger partial charge is 0.279 e. The molecule has 0 saturated heterocycles. The highest BCUT2D eigenvalue weighted by atomic mass is 16.2. The molecule has 4 N–H and O–H groups in total. The van der Waals surface area contributed by atoms with E-state index in [1.165, 1.54) is 7.05 Å². The summed E-state index contributed by atoms with van der Waals surface area (Å²) in [5, 5.41) is 7.79. The first kappa shape index (κ1) is 18.6. The lowest BCUT2D eigenvalue weighted by Gasteiger charge is -2.14. The maximum Gasteiger partial charge on any atom is 0.279 e. The number of likely N-dealkylation sites (N-methyl/N-ethyl adjacent to an activating group) is 2. The van der Waals surface area contributed by atoms with Crippen molar-refractivity contribution in [3.63, 3.8) is 0 Å². The molecule has 7 nitrogen and oxygen atoms in total. The van der Waals surface area contributed by atoms with Gasteiger partial charge in [0.15, 0.2) is 13.1 Å². The van der Waals surface area contributed by atoms with Crippen LogP contribution in [0.5, 0.6) is 0 Å². The highest BCUT2D eigenvalue weighted by Crippen LogP contribution is 2.14. The van der Waals surface area contributed by atoms with Gasteiger partial charge in [-0.05, 0) is 18.1 Å². The van der Waals surface area contributed by atoms with E-state index < -0.39 is 0 Å². The lowest BCUT2D eigenvalue weighted by Crippen LogP contribution is -3.11. The number of benzene rings is 1. The summed E-state index contributed by atoms with van der Waals surface area (Å²) in [5.41, 5.74) is 1.87. The van der Waals surface area contributed by atoms with E-state index in [9.17, 15) is 14.4 Å². The molecule has 0 radical (unpaired) electrons. The van der Waals surface area contributed by atoms with E-state index in [-0.39, 0.29) is 37.4 Å². The second-order valence-corrected chi connectivity index (χ2v) is 5.32. The Labute approximate surface area is 136 Å². The van der Waals surface area contributed by atoms with Crippen molar-refractivity contribution >= 4 is 23.4 Å².